The van der Waals surface area contributed by atoms with Crippen molar-refractivity contribution < 1.29 is 0 Å². The first-order valence-electron chi connectivity index (χ1n) is 4.87. The van der Waals surface area contributed by atoms with Gasteiger partial charge in [-0.15, -0.1) is 0 Å². The molecule has 2 N–H and O–H groups in total. The minimum atomic E-state index is 0.775. The normalized spacial score (nSPS) is 10.7. The van der Waals surface area contributed by atoms with Gasteiger partial charge in [0, 0.05) is 32.4 Å². The lowest BCUT2D eigenvalue weighted by Crippen LogP contribution is -2.19. The highest BCUT2D eigenvalue weighted by atomic mass is 15.2. The molecule has 6 nitrogen and oxygen atoms in total. The third-order valence-electron chi connectivity index (χ3n) is 2.21. The number of aryl methyl sites for hydroxylation is 1. The zero-order chi connectivity index (χ0) is 10.5. The summed E-state index contributed by atoms with van der Waals surface area (Å²) in [5, 5.41) is 9.90. The van der Waals surface area contributed by atoms with Gasteiger partial charge in [-0.3, -0.25) is 5.10 Å². The Morgan fingerprint density at radius 3 is 3.07 bits per heavy atom. The van der Waals surface area contributed by atoms with E-state index < -0.39 is 0 Å². The first kappa shape index (κ1) is 9.85. The van der Waals surface area contributed by atoms with Crippen molar-refractivity contribution in [3.63, 3.8) is 0 Å². The van der Waals surface area contributed by atoms with E-state index in [1.54, 1.807) is 6.20 Å². The number of nitrogens with one attached hydrogen (secondary N) is 2. The number of hydrogen-bond acceptors (Lipinski definition) is 4. The highest BCUT2D eigenvalue weighted by Crippen LogP contribution is 1.93. The molecular weight excluding hydrogens is 192 g/mol. The topological polar surface area (TPSA) is 71.4 Å². The van der Waals surface area contributed by atoms with Gasteiger partial charge in [0.1, 0.15) is 18.0 Å². The number of rotatable bonds is 5. The quantitative estimate of drug-likeness (QED) is 0.668. The Morgan fingerprint density at radius 1 is 1.47 bits per heavy atom. The third-order valence-corrected chi connectivity index (χ3v) is 2.21. The number of aromatic nitrogens is 5. The predicted molar refractivity (Wildman–Crippen MR) is 55.0 cm³/mol. The average Bonchev–Trinajstić information content (AvgIpc) is 2.85. The summed E-state index contributed by atoms with van der Waals surface area (Å²) in [7, 11) is 1.99. The summed E-state index contributed by atoms with van der Waals surface area (Å²) in [5.74, 6) is 1.94. The zero-order valence-corrected chi connectivity index (χ0v) is 8.64. The van der Waals surface area contributed by atoms with Crippen LogP contribution in [0, 0.1) is 0 Å². The van der Waals surface area contributed by atoms with Gasteiger partial charge in [-0.25, -0.2) is 9.97 Å². The van der Waals surface area contributed by atoms with Crippen molar-refractivity contribution in [2.24, 2.45) is 7.05 Å². The summed E-state index contributed by atoms with van der Waals surface area (Å²) < 4.78 is 2.00. The smallest absolute Gasteiger partial charge is 0.137 e. The van der Waals surface area contributed by atoms with Crippen molar-refractivity contribution in [1.82, 2.24) is 30.0 Å². The second-order valence-corrected chi connectivity index (χ2v) is 3.31. The van der Waals surface area contributed by atoms with Gasteiger partial charge >= 0.3 is 0 Å². The predicted octanol–water partition coefficient (Wildman–Crippen LogP) is -0.130. The number of aromatic amines is 1. The van der Waals surface area contributed by atoms with Crippen molar-refractivity contribution in [3.8, 4) is 0 Å². The van der Waals surface area contributed by atoms with Crippen molar-refractivity contribution in [2.45, 2.75) is 13.0 Å². The van der Waals surface area contributed by atoms with E-state index in [0.29, 0.717) is 0 Å². The Morgan fingerprint density at radius 2 is 2.40 bits per heavy atom. The fraction of sp³-hybridized carbons (Fsp3) is 0.444. The Labute approximate surface area is 87.8 Å². The lowest BCUT2D eigenvalue weighted by atomic mass is 10.4. The molecule has 0 atom stereocenters. The lowest BCUT2D eigenvalue weighted by Gasteiger charge is -2.03. The minimum absolute atomic E-state index is 0.775. The van der Waals surface area contributed by atoms with E-state index in [9.17, 15) is 0 Å². The fourth-order valence-corrected chi connectivity index (χ4v) is 1.33. The minimum Gasteiger partial charge on any atom is -0.337 e. The third kappa shape index (κ3) is 2.63. The van der Waals surface area contributed by atoms with E-state index in [1.165, 1.54) is 6.33 Å². The SMILES string of the molecule is Cn1ccnc1CNCCc1ncn[nH]1. The van der Waals surface area contributed by atoms with Crippen LogP contribution in [0.5, 0.6) is 0 Å². The Hall–Kier alpha value is -1.69. The van der Waals surface area contributed by atoms with Gasteiger partial charge < -0.3 is 9.88 Å². The Balaban J connectivity index is 1.70. The standard InChI is InChI=1S/C9H14N6/c1-15-5-4-11-9(15)6-10-3-2-8-12-7-13-14-8/h4-5,7,10H,2-3,6H2,1H3,(H,12,13,14). The monoisotopic (exact) mass is 206 g/mol. The molecule has 0 spiro atoms. The fourth-order valence-electron chi connectivity index (χ4n) is 1.33. The second-order valence-electron chi connectivity index (χ2n) is 3.31. The van der Waals surface area contributed by atoms with Crippen molar-refractivity contribution in [1.29, 1.82) is 0 Å². The van der Waals surface area contributed by atoms with Crippen LogP contribution in [0.1, 0.15) is 11.6 Å². The molecule has 0 amide bonds. The molecule has 0 fully saturated rings. The molecule has 0 unspecified atom stereocenters. The van der Waals surface area contributed by atoms with Gasteiger partial charge in [0.15, 0.2) is 0 Å². The lowest BCUT2D eigenvalue weighted by molar-refractivity contribution is 0.629. The zero-order valence-electron chi connectivity index (χ0n) is 8.64. The molecule has 80 valence electrons. The van der Waals surface area contributed by atoms with Crippen LogP contribution in [0.15, 0.2) is 18.7 Å². The Kier molecular flexibility index (Phi) is 3.08. The molecule has 0 aromatic carbocycles. The first-order valence-corrected chi connectivity index (χ1v) is 4.87. The van der Waals surface area contributed by atoms with Crippen LogP contribution < -0.4 is 5.32 Å². The molecule has 0 aliphatic heterocycles. The maximum atomic E-state index is 4.22. The molecule has 0 aliphatic carbocycles. The van der Waals surface area contributed by atoms with Crippen molar-refractivity contribution in [2.75, 3.05) is 6.54 Å². The van der Waals surface area contributed by atoms with Gasteiger partial charge in [0.25, 0.3) is 0 Å². The van der Waals surface area contributed by atoms with E-state index in [4.69, 9.17) is 0 Å². The molecule has 2 aromatic rings. The molecule has 2 heterocycles. The van der Waals surface area contributed by atoms with Crippen LogP contribution in [0.4, 0.5) is 0 Å². The average molecular weight is 206 g/mol. The van der Waals surface area contributed by atoms with Gasteiger partial charge in [-0.1, -0.05) is 0 Å². The van der Waals surface area contributed by atoms with E-state index >= 15 is 0 Å². The van der Waals surface area contributed by atoms with Crippen LogP contribution >= 0.6 is 0 Å². The van der Waals surface area contributed by atoms with Crippen LogP contribution in [0.2, 0.25) is 0 Å². The molecule has 0 bridgehead atoms. The molecule has 0 radical (unpaired) electrons. The van der Waals surface area contributed by atoms with Crippen molar-refractivity contribution in [3.05, 3.63) is 30.4 Å². The van der Waals surface area contributed by atoms with Crippen LogP contribution in [0.3, 0.4) is 0 Å². The van der Waals surface area contributed by atoms with Gasteiger partial charge in [0.05, 0.1) is 6.54 Å². The first-order chi connectivity index (χ1) is 7.36. The molecule has 0 saturated heterocycles. The summed E-state index contributed by atoms with van der Waals surface area (Å²) >= 11 is 0. The highest BCUT2D eigenvalue weighted by Gasteiger charge is 1.98. The largest absolute Gasteiger partial charge is 0.337 e. The number of nitrogens with zero attached hydrogens (tertiary/aromatic N) is 4. The van der Waals surface area contributed by atoms with Gasteiger partial charge in [0.2, 0.25) is 0 Å². The summed E-state index contributed by atoms with van der Waals surface area (Å²) in [6.07, 6.45) is 6.11. The molecule has 2 aromatic heterocycles. The summed E-state index contributed by atoms with van der Waals surface area (Å²) in [4.78, 5) is 8.26. The summed E-state index contributed by atoms with van der Waals surface area (Å²) in [6, 6.07) is 0. The maximum absolute atomic E-state index is 4.22. The van der Waals surface area contributed by atoms with Gasteiger partial charge in [-0.05, 0) is 0 Å². The van der Waals surface area contributed by atoms with E-state index in [-0.39, 0.29) is 0 Å². The van der Waals surface area contributed by atoms with Crippen LogP contribution in [0.25, 0.3) is 0 Å². The summed E-state index contributed by atoms with van der Waals surface area (Å²) in [5.41, 5.74) is 0. The van der Waals surface area contributed by atoms with E-state index in [0.717, 1.165) is 31.2 Å². The number of imidazole rings is 1. The molecule has 2 rings (SSSR count). The number of H-pyrrole nitrogens is 1. The summed E-state index contributed by atoms with van der Waals surface area (Å²) in [6.45, 7) is 1.64. The molecular formula is C9H14N6. The number of hydrogen-bond donors (Lipinski definition) is 2. The molecule has 15 heavy (non-hydrogen) atoms. The maximum Gasteiger partial charge on any atom is 0.137 e. The van der Waals surface area contributed by atoms with Gasteiger partial charge in [-0.2, -0.15) is 5.10 Å². The molecule has 0 saturated carbocycles. The van der Waals surface area contributed by atoms with Crippen LogP contribution in [-0.2, 0) is 20.0 Å². The molecule has 6 heteroatoms. The highest BCUT2D eigenvalue weighted by molar-refractivity contribution is 4.90. The van der Waals surface area contributed by atoms with E-state index in [1.807, 2.05) is 17.8 Å². The van der Waals surface area contributed by atoms with Crippen molar-refractivity contribution >= 4 is 0 Å². The Bertz CT molecular complexity index is 390. The van der Waals surface area contributed by atoms with E-state index in [2.05, 4.69) is 25.5 Å². The molecule has 0 aliphatic rings. The van der Waals surface area contributed by atoms with Crippen LogP contribution in [-0.4, -0.2) is 31.3 Å². The second kappa shape index (κ2) is 4.70.